The van der Waals surface area contributed by atoms with Crippen molar-refractivity contribution in [3.8, 4) is 11.8 Å². The Bertz CT molecular complexity index is 569. The molecule has 2 heteroatoms. The van der Waals surface area contributed by atoms with Crippen LogP contribution in [0, 0.1) is 35.0 Å². The number of hydrogen-bond acceptors (Lipinski definition) is 2. The molecule has 0 aliphatic heterocycles. The maximum atomic E-state index is 8.84. The maximum absolute atomic E-state index is 8.84. The summed E-state index contributed by atoms with van der Waals surface area (Å²) in [5.74, 6) is 4.42. The third kappa shape index (κ3) is 5.11. The summed E-state index contributed by atoms with van der Waals surface area (Å²) in [6.45, 7) is 4.72. The number of nitrogens with zero attached hydrogens (tertiary/aromatic N) is 1. The highest BCUT2D eigenvalue weighted by Crippen LogP contribution is 2.42. The fourth-order valence-corrected chi connectivity index (χ4v) is 4.80. The zero-order valence-electron chi connectivity index (χ0n) is 15.3. The van der Waals surface area contributed by atoms with Crippen LogP contribution in [0.2, 0.25) is 0 Å². The first-order valence-corrected chi connectivity index (χ1v) is 10.0. The highest BCUT2D eigenvalue weighted by Gasteiger charge is 2.30. The van der Waals surface area contributed by atoms with Gasteiger partial charge in [0.1, 0.15) is 5.75 Å². The zero-order chi connectivity index (χ0) is 17.5. The summed E-state index contributed by atoms with van der Waals surface area (Å²) < 4.78 is 5.95. The third-order valence-corrected chi connectivity index (χ3v) is 6.42. The van der Waals surface area contributed by atoms with Gasteiger partial charge in [-0.3, -0.25) is 0 Å². The first-order chi connectivity index (χ1) is 12.3. The third-order valence-electron chi connectivity index (χ3n) is 6.42. The number of rotatable bonds is 6. The minimum Gasteiger partial charge on any atom is -0.493 e. The summed E-state index contributed by atoms with van der Waals surface area (Å²) in [6.07, 6.45) is 14.4. The smallest absolute Gasteiger partial charge is 0.119 e. The van der Waals surface area contributed by atoms with Crippen LogP contribution in [-0.2, 0) is 0 Å². The molecule has 0 spiro atoms. The first-order valence-electron chi connectivity index (χ1n) is 10.0. The van der Waals surface area contributed by atoms with Gasteiger partial charge < -0.3 is 4.74 Å². The molecule has 0 atom stereocenters. The van der Waals surface area contributed by atoms with Crippen LogP contribution in [0.4, 0.5) is 0 Å². The SMILES string of the molecule is C=CCC1CCC(C2CCC(COc3ccc(C#N)cc3)CC2)CC1. The van der Waals surface area contributed by atoms with Gasteiger partial charge in [0.25, 0.3) is 0 Å². The van der Waals surface area contributed by atoms with Gasteiger partial charge in [0.05, 0.1) is 18.2 Å². The van der Waals surface area contributed by atoms with E-state index in [4.69, 9.17) is 10.00 Å². The summed E-state index contributed by atoms with van der Waals surface area (Å²) in [7, 11) is 0. The monoisotopic (exact) mass is 337 g/mol. The molecule has 0 bridgehead atoms. The molecule has 2 nitrogen and oxygen atoms in total. The number of hydrogen-bond donors (Lipinski definition) is 0. The molecule has 3 rings (SSSR count). The molecule has 25 heavy (non-hydrogen) atoms. The first kappa shape index (κ1) is 18.1. The lowest BCUT2D eigenvalue weighted by molar-refractivity contribution is 0.124. The lowest BCUT2D eigenvalue weighted by atomic mass is 9.69. The minimum absolute atomic E-state index is 0.690. The molecule has 2 aliphatic carbocycles. The van der Waals surface area contributed by atoms with E-state index in [1.165, 1.54) is 57.8 Å². The van der Waals surface area contributed by atoms with Crippen LogP contribution in [-0.4, -0.2) is 6.61 Å². The van der Waals surface area contributed by atoms with Crippen molar-refractivity contribution in [1.29, 1.82) is 5.26 Å². The van der Waals surface area contributed by atoms with E-state index in [-0.39, 0.29) is 0 Å². The normalized spacial score (nSPS) is 29.6. The Morgan fingerprint density at radius 2 is 1.48 bits per heavy atom. The molecule has 0 radical (unpaired) electrons. The van der Waals surface area contributed by atoms with Gasteiger partial charge in [0, 0.05) is 0 Å². The lowest BCUT2D eigenvalue weighted by Gasteiger charge is -2.37. The quantitative estimate of drug-likeness (QED) is 0.585. The van der Waals surface area contributed by atoms with Crippen LogP contribution in [0.15, 0.2) is 36.9 Å². The second kappa shape index (κ2) is 9.09. The molecule has 2 saturated carbocycles. The van der Waals surface area contributed by atoms with Gasteiger partial charge in [-0.05, 0) is 106 Å². The molecule has 0 aromatic heterocycles. The van der Waals surface area contributed by atoms with Crippen molar-refractivity contribution in [2.75, 3.05) is 6.61 Å². The largest absolute Gasteiger partial charge is 0.493 e. The van der Waals surface area contributed by atoms with Crippen molar-refractivity contribution in [3.05, 3.63) is 42.5 Å². The molecule has 2 aliphatic rings. The average molecular weight is 338 g/mol. The topological polar surface area (TPSA) is 33.0 Å². The Kier molecular flexibility index (Phi) is 6.56. The molecule has 0 unspecified atom stereocenters. The average Bonchev–Trinajstić information content (AvgIpc) is 2.68. The molecule has 0 saturated heterocycles. The van der Waals surface area contributed by atoms with Crippen LogP contribution >= 0.6 is 0 Å². The summed E-state index contributed by atoms with van der Waals surface area (Å²) in [4.78, 5) is 0. The van der Waals surface area contributed by atoms with Crippen molar-refractivity contribution in [2.45, 2.75) is 57.8 Å². The van der Waals surface area contributed by atoms with E-state index in [1.807, 2.05) is 24.3 Å². The Morgan fingerprint density at radius 1 is 0.920 bits per heavy atom. The second-order valence-electron chi connectivity index (χ2n) is 8.03. The van der Waals surface area contributed by atoms with Crippen molar-refractivity contribution >= 4 is 0 Å². The fourth-order valence-electron chi connectivity index (χ4n) is 4.80. The summed E-state index contributed by atoms with van der Waals surface area (Å²) >= 11 is 0. The van der Waals surface area contributed by atoms with Crippen LogP contribution in [0.3, 0.4) is 0 Å². The molecule has 1 aromatic rings. The van der Waals surface area contributed by atoms with Gasteiger partial charge in [-0.2, -0.15) is 5.26 Å². The molecular formula is C23H31NO. The Hall–Kier alpha value is -1.75. The summed E-state index contributed by atoms with van der Waals surface area (Å²) in [6, 6.07) is 9.62. The molecule has 0 heterocycles. The predicted octanol–water partition coefficient (Wildman–Crippen LogP) is 6.13. The van der Waals surface area contributed by atoms with Crippen molar-refractivity contribution in [1.82, 2.24) is 0 Å². The van der Waals surface area contributed by atoms with Crippen molar-refractivity contribution < 1.29 is 4.74 Å². The number of nitriles is 1. The standard InChI is InChI=1S/C23H31NO/c1-2-3-18-4-10-21(11-5-18)22-12-6-20(7-13-22)17-25-23-14-8-19(16-24)9-15-23/h2,8-9,14-15,18,20-22H,1,3-7,10-13,17H2. The van der Waals surface area contributed by atoms with E-state index in [2.05, 4.69) is 18.7 Å². The van der Waals surface area contributed by atoms with Crippen LogP contribution in [0.1, 0.15) is 63.4 Å². The summed E-state index contributed by atoms with van der Waals surface area (Å²) in [5.41, 5.74) is 0.690. The highest BCUT2D eigenvalue weighted by atomic mass is 16.5. The van der Waals surface area contributed by atoms with Gasteiger partial charge in [-0.25, -0.2) is 0 Å². The predicted molar refractivity (Wildman–Crippen MR) is 102 cm³/mol. The zero-order valence-corrected chi connectivity index (χ0v) is 15.3. The summed E-state index contributed by atoms with van der Waals surface area (Å²) in [5, 5.41) is 8.84. The van der Waals surface area contributed by atoms with Gasteiger partial charge in [0.2, 0.25) is 0 Å². The van der Waals surface area contributed by atoms with Crippen LogP contribution in [0.25, 0.3) is 0 Å². The van der Waals surface area contributed by atoms with Gasteiger partial charge in [-0.1, -0.05) is 6.08 Å². The second-order valence-corrected chi connectivity index (χ2v) is 8.03. The molecule has 0 N–H and O–H groups in total. The molecule has 134 valence electrons. The number of benzene rings is 1. The van der Waals surface area contributed by atoms with Crippen molar-refractivity contribution in [3.63, 3.8) is 0 Å². The highest BCUT2D eigenvalue weighted by molar-refractivity contribution is 5.34. The Morgan fingerprint density at radius 3 is 2.00 bits per heavy atom. The number of allylic oxidation sites excluding steroid dienone is 1. The molecule has 0 amide bonds. The molecule has 1 aromatic carbocycles. The van der Waals surface area contributed by atoms with Gasteiger partial charge >= 0.3 is 0 Å². The van der Waals surface area contributed by atoms with E-state index in [1.54, 1.807) is 0 Å². The maximum Gasteiger partial charge on any atom is 0.119 e. The Labute approximate surface area is 152 Å². The van der Waals surface area contributed by atoms with E-state index in [0.29, 0.717) is 11.5 Å². The van der Waals surface area contributed by atoms with Crippen LogP contribution < -0.4 is 4.74 Å². The fraction of sp³-hybridized carbons (Fsp3) is 0.609. The molecule has 2 fully saturated rings. The van der Waals surface area contributed by atoms with Gasteiger partial charge in [0.15, 0.2) is 0 Å². The van der Waals surface area contributed by atoms with Gasteiger partial charge in [-0.15, -0.1) is 6.58 Å². The molecular weight excluding hydrogens is 306 g/mol. The van der Waals surface area contributed by atoms with Crippen molar-refractivity contribution in [2.24, 2.45) is 23.7 Å². The van der Waals surface area contributed by atoms with E-state index >= 15 is 0 Å². The van der Waals surface area contributed by atoms with Crippen LogP contribution in [0.5, 0.6) is 5.75 Å². The lowest BCUT2D eigenvalue weighted by Crippen LogP contribution is -2.27. The Balaban J connectivity index is 1.37. The van der Waals surface area contributed by atoms with E-state index in [0.717, 1.165) is 30.1 Å². The van der Waals surface area contributed by atoms with E-state index < -0.39 is 0 Å². The number of ether oxygens (including phenoxy) is 1. The van der Waals surface area contributed by atoms with E-state index in [9.17, 15) is 0 Å². The minimum atomic E-state index is 0.690.